The fraction of sp³-hybridized carbons (Fsp3) is 0.333. The largest absolute Gasteiger partial charge is 0.337 e. The number of H-pyrrole nitrogens is 1. The number of para-hydroxylation sites is 1. The molecule has 0 aliphatic carbocycles. The fourth-order valence-corrected chi connectivity index (χ4v) is 3.41. The van der Waals surface area contributed by atoms with Gasteiger partial charge in [0.25, 0.3) is 5.56 Å². The Balaban J connectivity index is 1.56. The van der Waals surface area contributed by atoms with Crippen LogP contribution in [0.5, 0.6) is 0 Å². The zero-order chi connectivity index (χ0) is 23.1. The zero-order valence-electron chi connectivity index (χ0n) is 18.7. The van der Waals surface area contributed by atoms with E-state index in [9.17, 15) is 14.4 Å². The summed E-state index contributed by atoms with van der Waals surface area (Å²) in [4.78, 5) is 47.9. The monoisotopic (exact) mass is 435 g/mol. The molecule has 3 rings (SSSR count). The number of hydrogen-bond donors (Lipinski definition) is 2. The van der Waals surface area contributed by atoms with Crippen LogP contribution in [0.4, 0.5) is 4.79 Å². The average Bonchev–Trinajstić information content (AvgIpc) is 2.77. The van der Waals surface area contributed by atoms with Gasteiger partial charge in [0.15, 0.2) is 0 Å². The molecule has 32 heavy (non-hydrogen) atoms. The Labute approximate surface area is 187 Å². The Bertz CT molecular complexity index is 1130. The summed E-state index contributed by atoms with van der Waals surface area (Å²) in [6, 6.07) is 16.5. The van der Waals surface area contributed by atoms with Crippen LogP contribution >= 0.6 is 0 Å². The van der Waals surface area contributed by atoms with Crippen molar-refractivity contribution in [2.24, 2.45) is 0 Å². The van der Waals surface area contributed by atoms with Gasteiger partial charge >= 0.3 is 6.03 Å². The molecule has 0 aliphatic heterocycles. The number of aromatic amines is 1. The third-order valence-electron chi connectivity index (χ3n) is 5.15. The predicted molar refractivity (Wildman–Crippen MR) is 124 cm³/mol. The standard InChI is InChI=1S/C24H29N5O3/c1-17(2)29(16-21-26-20-12-8-7-11-19(20)23(31)27-21)22(30)13-14-25-24(32)28(3)15-18-9-5-4-6-10-18/h4-12,17H,13-16H2,1-3H3,(H,25,32)(H,26,27,31). The Kier molecular flexibility index (Phi) is 7.59. The number of aromatic nitrogens is 2. The van der Waals surface area contributed by atoms with Gasteiger partial charge < -0.3 is 20.1 Å². The summed E-state index contributed by atoms with van der Waals surface area (Å²) in [5.41, 5.74) is 1.40. The van der Waals surface area contributed by atoms with E-state index in [1.807, 2.05) is 50.2 Å². The summed E-state index contributed by atoms with van der Waals surface area (Å²) < 4.78 is 0. The highest BCUT2D eigenvalue weighted by molar-refractivity contribution is 5.79. The summed E-state index contributed by atoms with van der Waals surface area (Å²) in [7, 11) is 1.71. The van der Waals surface area contributed by atoms with Crippen LogP contribution in [-0.2, 0) is 17.9 Å². The van der Waals surface area contributed by atoms with Crippen LogP contribution in [-0.4, -0.2) is 51.3 Å². The lowest BCUT2D eigenvalue weighted by Gasteiger charge is -2.26. The third kappa shape index (κ3) is 5.94. The minimum Gasteiger partial charge on any atom is -0.337 e. The number of benzene rings is 2. The van der Waals surface area contributed by atoms with Gasteiger partial charge in [-0.3, -0.25) is 9.59 Å². The van der Waals surface area contributed by atoms with Crippen molar-refractivity contribution in [1.29, 1.82) is 0 Å². The number of rotatable bonds is 8. The van der Waals surface area contributed by atoms with E-state index < -0.39 is 0 Å². The average molecular weight is 436 g/mol. The number of urea groups is 1. The molecular formula is C24H29N5O3. The summed E-state index contributed by atoms with van der Waals surface area (Å²) >= 11 is 0. The first-order valence-corrected chi connectivity index (χ1v) is 10.7. The summed E-state index contributed by atoms with van der Waals surface area (Å²) in [6.07, 6.45) is 0.154. The quantitative estimate of drug-likeness (QED) is 0.568. The van der Waals surface area contributed by atoms with E-state index in [0.717, 1.165) is 5.56 Å². The summed E-state index contributed by atoms with van der Waals surface area (Å²) in [6.45, 7) is 4.71. The fourth-order valence-electron chi connectivity index (χ4n) is 3.41. The van der Waals surface area contributed by atoms with Crippen molar-refractivity contribution < 1.29 is 9.59 Å². The number of amides is 3. The van der Waals surface area contributed by atoms with Gasteiger partial charge in [-0.15, -0.1) is 0 Å². The number of carbonyl (C=O) groups excluding carboxylic acids is 2. The number of nitrogens with one attached hydrogen (secondary N) is 2. The predicted octanol–water partition coefficient (Wildman–Crippen LogP) is 2.89. The molecule has 0 saturated carbocycles. The molecule has 8 nitrogen and oxygen atoms in total. The molecule has 0 spiro atoms. The first-order valence-electron chi connectivity index (χ1n) is 10.7. The molecule has 3 aromatic rings. The lowest BCUT2D eigenvalue weighted by atomic mass is 10.2. The molecule has 0 aliphatic rings. The Morgan fingerprint density at radius 3 is 2.44 bits per heavy atom. The van der Waals surface area contributed by atoms with Gasteiger partial charge in [0, 0.05) is 32.6 Å². The summed E-state index contributed by atoms with van der Waals surface area (Å²) in [5.74, 6) is 0.309. The van der Waals surface area contributed by atoms with E-state index in [-0.39, 0.29) is 43.0 Å². The van der Waals surface area contributed by atoms with Crippen molar-refractivity contribution in [2.45, 2.75) is 39.4 Å². The van der Waals surface area contributed by atoms with Crippen LogP contribution in [0, 0.1) is 0 Å². The molecule has 2 N–H and O–H groups in total. The first kappa shape index (κ1) is 23.0. The second-order valence-electron chi connectivity index (χ2n) is 7.97. The number of carbonyl (C=O) groups is 2. The van der Waals surface area contributed by atoms with Crippen LogP contribution in [0.1, 0.15) is 31.7 Å². The lowest BCUT2D eigenvalue weighted by Crippen LogP contribution is -2.41. The maximum Gasteiger partial charge on any atom is 0.317 e. The molecule has 0 atom stereocenters. The van der Waals surface area contributed by atoms with E-state index in [2.05, 4.69) is 15.3 Å². The van der Waals surface area contributed by atoms with Crippen molar-refractivity contribution in [2.75, 3.05) is 13.6 Å². The second-order valence-corrected chi connectivity index (χ2v) is 7.97. The van der Waals surface area contributed by atoms with Crippen LogP contribution in [0.2, 0.25) is 0 Å². The van der Waals surface area contributed by atoms with Crippen molar-refractivity contribution in [3.63, 3.8) is 0 Å². The number of hydrogen-bond acceptors (Lipinski definition) is 4. The molecule has 0 unspecified atom stereocenters. The van der Waals surface area contributed by atoms with Gasteiger partial charge in [-0.05, 0) is 31.5 Å². The van der Waals surface area contributed by atoms with Gasteiger partial charge in [-0.25, -0.2) is 9.78 Å². The molecule has 0 saturated heterocycles. The van der Waals surface area contributed by atoms with Gasteiger partial charge in [0.05, 0.1) is 17.4 Å². The summed E-state index contributed by atoms with van der Waals surface area (Å²) in [5, 5.41) is 3.31. The molecule has 3 amide bonds. The second kappa shape index (κ2) is 10.6. The van der Waals surface area contributed by atoms with Crippen LogP contribution in [0.25, 0.3) is 10.9 Å². The Morgan fingerprint density at radius 2 is 1.72 bits per heavy atom. The van der Waals surface area contributed by atoms with Gasteiger partial charge in [0.1, 0.15) is 5.82 Å². The van der Waals surface area contributed by atoms with Crippen molar-refractivity contribution in [3.8, 4) is 0 Å². The molecular weight excluding hydrogens is 406 g/mol. The van der Waals surface area contributed by atoms with Crippen molar-refractivity contribution >= 4 is 22.8 Å². The van der Waals surface area contributed by atoms with Crippen LogP contribution in [0.15, 0.2) is 59.4 Å². The number of fused-ring (bicyclic) bond motifs is 1. The molecule has 168 valence electrons. The molecule has 0 fully saturated rings. The lowest BCUT2D eigenvalue weighted by molar-refractivity contribution is -0.133. The minimum absolute atomic E-state index is 0.0873. The normalized spacial score (nSPS) is 10.9. The van der Waals surface area contributed by atoms with E-state index in [1.54, 1.807) is 35.0 Å². The zero-order valence-corrected chi connectivity index (χ0v) is 18.7. The van der Waals surface area contributed by atoms with E-state index in [0.29, 0.717) is 23.3 Å². The van der Waals surface area contributed by atoms with Crippen LogP contribution in [0.3, 0.4) is 0 Å². The maximum atomic E-state index is 12.8. The first-order chi connectivity index (χ1) is 15.3. The number of nitrogens with zero attached hydrogens (tertiary/aromatic N) is 3. The van der Waals surface area contributed by atoms with Crippen molar-refractivity contribution in [3.05, 3.63) is 76.3 Å². The minimum atomic E-state index is -0.238. The van der Waals surface area contributed by atoms with Gasteiger partial charge in [-0.1, -0.05) is 42.5 Å². The van der Waals surface area contributed by atoms with E-state index >= 15 is 0 Å². The Morgan fingerprint density at radius 1 is 1.03 bits per heavy atom. The highest BCUT2D eigenvalue weighted by Gasteiger charge is 2.19. The molecule has 8 heteroatoms. The highest BCUT2D eigenvalue weighted by Crippen LogP contribution is 2.10. The van der Waals surface area contributed by atoms with Crippen molar-refractivity contribution in [1.82, 2.24) is 25.1 Å². The smallest absolute Gasteiger partial charge is 0.317 e. The maximum absolute atomic E-state index is 12.8. The molecule has 2 aromatic carbocycles. The molecule has 1 aromatic heterocycles. The molecule has 0 radical (unpaired) electrons. The van der Waals surface area contributed by atoms with Crippen LogP contribution < -0.4 is 10.9 Å². The topological polar surface area (TPSA) is 98.4 Å². The SMILES string of the molecule is CC(C)N(Cc1nc2ccccc2c(=O)[nH]1)C(=O)CCNC(=O)N(C)Cc1ccccc1. The highest BCUT2D eigenvalue weighted by atomic mass is 16.2. The molecule has 1 heterocycles. The van der Waals surface area contributed by atoms with Gasteiger partial charge in [-0.2, -0.15) is 0 Å². The van der Waals surface area contributed by atoms with Gasteiger partial charge in [0.2, 0.25) is 5.91 Å². The van der Waals surface area contributed by atoms with E-state index in [1.165, 1.54) is 0 Å². The third-order valence-corrected chi connectivity index (χ3v) is 5.15. The molecule has 0 bridgehead atoms. The Hall–Kier alpha value is -3.68. The van der Waals surface area contributed by atoms with E-state index in [4.69, 9.17) is 0 Å².